The number of aromatic carboxylic acids is 1. The van der Waals surface area contributed by atoms with Crippen LogP contribution in [0.25, 0.3) is 10.9 Å². The van der Waals surface area contributed by atoms with E-state index in [2.05, 4.69) is 23.4 Å². The van der Waals surface area contributed by atoms with Crippen LogP contribution in [0.3, 0.4) is 0 Å². The summed E-state index contributed by atoms with van der Waals surface area (Å²) in [6.45, 7) is 2.50. The van der Waals surface area contributed by atoms with Crippen LogP contribution in [0.15, 0.2) is 41.1 Å². The standard InChI is InChI=1S/C14H12N2O3/c1-9-2-3-10-4-5-16(13(10)6-9)8-11-7-12(14(17)18)15-19-11/h2-7H,8H2,1H3,(H,17,18). The van der Waals surface area contributed by atoms with Crippen LogP contribution < -0.4 is 0 Å². The van der Waals surface area contributed by atoms with Crippen molar-refractivity contribution in [3.8, 4) is 0 Å². The zero-order valence-corrected chi connectivity index (χ0v) is 10.3. The van der Waals surface area contributed by atoms with E-state index in [4.69, 9.17) is 9.63 Å². The third-order valence-electron chi connectivity index (χ3n) is 3.03. The lowest BCUT2D eigenvalue weighted by atomic mass is 10.2. The molecule has 96 valence electrons. The van der Waals surface area contributed by atoms with Gasteiger partial charge >= 0.3 is 5.97 Å². The molecule has 5 heteroatoms. The van der Waals surface area contributed by atoms with E-state index in [9.17, 15) is 4.79 Å². The Morgan fingerprint density at radius 2 is 2.21 bits per heavy atom. The largest absolute Gasteiger partial charge is 0.476 e. The molecule has 3 rings (SSSR count). The molecule has 0 aliphatic heterocycles. The number of nitrogens with zero attached hydrogens (tertiary/aromatic N) is 2. The van der Waals surface area contributed by atoms with Crippen molar-refractivity contribution in [1.29, 1.82) is 0 Å². The Balaban J connectivity index is 1.96. The van der Waals surface area contributed by atoms with Gasteiger partial charge in [-0.3, -0.25) is 0 Å². The zero-order valence-electron chi connectivity index (χ0n) is 10.3. The molecule has 3 aromatic rings. The second kappa shape index (κ2) is 4.28. The predicted octanol–water partition coefficient (Wildman–Crippen LogP) is 2.68. The third kappa shape index (κ3) is 2.10. The molecule has 0 fully saturated rings. The van der Waals surface area contributed by atoms with Crippen molar-refractivity contribution < 1.29 is 14.4 Å². The highest BCUT2D eigenvalue weighted by Crippen LogP contribution is 2.19. The average molecular weight is 256 g/mol. The number of benzene rings is 1. The predicted molar refractivity (Wildman–Crippen MR) is 69.2 cm³/mol. The van der Waals surface area contributed by atoms with Crippen LogP contribution in [0.1, 0.15) is 21.8 Å². The number of aryl methyl sites for hydroxylation is 1. The van der Waals surface area contributed by atoms with Crippen molar-refractivity contribution in [3.63, 3.8) is 0 Å². The first-order valence-electron chi connectivity index (χ1n) is 5.88. The SMILES string of the molecule is Cc1ccc2ccn(Cc3cc(C(=O)O)no3)c2c1. The Labute approximate surface area is 109 Å². The minimum absolute atomic E-state index is 0.0670. The summed E-state index contributed by atoms with van der Waals surface area (Å²) in [6.07, 6.45) is 1.95. The molecule has 0 aliphatic rings. The number of carboxylic acid groups (broad SMARTS) is 1. The average Bonchev–Trinajstić information content (AvgIpc) is 2.98. The fourth-order valence-corrected chi connectivity index (χ4v) is 2.09. The molecule has 0 atom stereocenters. The van der Waals surface area contributed by atoms with Gasteiger partial charge < -0.3 is 14.2 Å². The molecule has 19 heavy (non-hydrogen) atoms. The molecule has 1 aromatic carbocycles. The first kappa shape index (κ1) is 11.5. The van der Waals surface area contributed by atoms with Gasteiger partial charge in [0.15, 0.2) is 11.5 Å². The maximum Gasteiger partial charge on any atom is 0.358 e. The van der Waals surface area contributed by atoms with E-state index in [-0.39, 0.29) is 5.69 Å². The van der Waals surface area contributed by atoms with Crippen molar-refractivity contribution in [1.82, 2.24) is 9.72 Å². The first-order valence-corrected chi connectivity index (χ1v) is 5.88. The molecule has 0 bridgehead atoms. The van der Waals surface area contributed by atoms with Gasteiger partial charge in [0.2, 0.25) is 0 Å². The summed E-state index contributed by atoms with van der Waals surface area (Å²) in [5.74, 6) is -0.556. The lowest BCUT2D eigenvalue weighted by molar-refractivity contribution is 0.0685. The molecule has 0 radical (unpaired) electrons. The van der Waals surface area contributed by atoms with Gasteiger partial charge in [0.25, 0.3) is 0 Å². The van der Waals surface area contributed by atoms with Crippen molar-refractivity contribution in [3.05, 3.63) is 53.5 Å². The second-order valence-electron chi connectivity index (χ2n) is 4.49. The molecular weight excluding hydrogens is 244 g/mol. The number of hydrogen-bond donors (Lipinski definition) is 1. The van der Waals surface area contributed by atoms with Gasteiger partial charge in [-0.25, -0.2) is 4.79 Å². The normalized spacial score (nSPS) is 11.0. The summed E-state index contributed by atoms with van der Waals surface area (Å²) in [5.41, 5.74) is 2.20. The summed E-state index contributed by atoms with van der Waals surface area (Å²) < 4.78 is 7.04. The molecule has 0 unspecified atom stereocenters. The monoisotopic (exact) mass is 256 g/mol. The van der Waals surface area contributed by atoms with Gasteiger partial charge in [-0.15, -0.1) is 0 Å². The van der Waals surface area contributed by atoms with Crippen LogP contribution in [-0.2, 0) is 6.54 Å². The third-order valence-corrected chi connectivity index (χ3v) is 3.03. The molecule has 1 N–H and O–H groups in total. The first-order chi connectivity index (χ1) is 9.13. The minimum atomic E-state index is -1.08. The zero-order chi connectivity index (χ0) is 13.4. The fourth-order valence-electron chi connectivity index (χ4n) is 2.09. The molecule has 0 amide bonds. The Morgan fingerprint density at radius 3 is 2.95 bits per heavy atom. The molecule has 2 heterocycles. The van der Waals surface area contributed by atoms with Crippen molar-refractivity contribution in [2.24, 2.45) is 0 Å². The van der Waals surface area contributed by atoms with E-state index in [0.29, 0.717) is 12.3 Å². The van der Waals surface area contributed by atoms with E-state index in [0.717, 1.165) is 10.9 Å². The Kier molecular flexibility index (Phi) is 2.59. The maximum absolute atomic E-state index is 10.7. The molecule has 0 saturated heterocycles. The van der Waals surface area contributed by atoms with Crippen LogP contribution in [0.4, 0.5) is 0 Å². The van der Waals surface area contributed by atoms with Gasteiger partial charge in [-0.05, 0) is 30.0 Å². The smallest absolute Gasteiger partial charge is 0.358 e. The minimum Gasteiger partial charge on any atom is -0.476 e. The molecular formula is C14H12N2O3. The highest BCUT2D eigenvalue weighted by Gasteiger charge is 2.11. The van der Waals surface area contributed by atoms with Crippen molar-refractivity contribution >= 4 is 16.9 Å². The van der Waals surface area contributed by atoms with Crippen LogP contribution in [0, 0.1) is 6.92 Å². The quantitative estimate of drug-likeness (QED) is 0.782. The Bertz CT molecular complexity index is 755. The highest BCUT2D eigenvalue weighted by atomic mass is 16.5. The van der Waals surface area contributed by atoms with Gasteiger partial charge in [-0.2, -0.15) is 0 Å². The van der Waals surface area contributed by atoms with Crippen LogP contribution in [0.2, 0.25) is 0 Å². The van der Waals surface area contributed by atoms with Crippen LogP contribution in [0.5, 0.6) is 0 Å². The summed E-state index contributed by atoms with van der Waals surface area (Å²) in [5, 5.41) is 13.5. The van der Waals surface area contributed by atoms with Crippen molar-refractivity contribution in [2.75, 3.05) is 0 Å². The van der Waals surface area contributed by atoms with Crippen molar-refractivity contribution in [2.45, 2.75) is 13.5 Å². The van der Waals surface area contributed by atoms with Gasteiger partial charge in [0, 0.05) is 17.8 Å². The molecule has 0 saturated carbocycles. The summed E-state index contributed by atoms with van der Waals surface area (Å²) in [4.78, 5) is 10.7. The van der Waals surface area contributed by atoms with E-state index in [1.807, 2.05) is 23.8 Å². The number of fused-ring (bicyclic) bond motifs is 1. The second-order valence-corrected chi connectivity index (χ2v) is 4.49. The molecule has 0 spiro atoms. The summed E-state index contributed by atoms with van der Waals surface area (Å²) in [7, 11) is 0. The van der Waals surface area contributed by atoms with Gasteiger partial charge in [0.1, 0.15) is 0 Å². The summed E-state index contributed by atoms with van der Waals surface area (Å²) in [6, 6.07) is 9.67. The number of hydrogen-bond acceptors (Lipinski definition) is 3. The van der Waals surface area contributed by atoms with E-state index >= 15 is 0 Å². The number of aromatic nitrogens is 2. The van der Waals surface area contributed by atoms with Gasteiger partial charge in [0.05, 0.1) is 6.54 Å². The number of carbonyl (C=O) groups is 1. The number of rotatable bonds is 3. The van der Waals surface area contributed by atoms with Crippen LogP contribution >= 0.6 is 0 Å². The molecule has 2 aromatic heterocycles. The lowest BCUT2D eigenvalue weighted by Crippen LogP contribution is -1.97. The topological polar surface area (TPSA) is 68.3 Å². The lowest BCUT2D eigenvalue weighted by Gasteiger charge is -2.02. The van der Waals surface area contributed by atoms with E-state index in [1.54, 1.807) is 0 Å². The van der Waals surface area contributed by atoms with Crippen LogP contribution in [-0.4, -0.2) is 20.8 Å². The summed E-state index contributed by atoms with van der Waals surface area (Å²) >= 11 is 0. The van der Waals surface area contributed by atoms with E-state index < -0.39 is 5.97 Å². The van der Waals surface area contributed by atoms with Gasteiger partial charge in [-0.1, -0.05) is 17.3 Å². The number of carboxylic acids is 1. The Morgan fingerprint density at radius 1 is 1.37 bits per heavy atom. The molecule has 5 nitrogen and oxygen atoms in total. The molecule has 0 aliphatic carbocycles. The van der Waals surface area contributed by atoms with E-state index in [1.165, 1.54) is 11.6 Å². The Hall–Kier alpha value is -2.56. The maximum atomic E-state index is 10.7. The highest BCUT2D eigenvalue weighted by molar-refractivity contribution is 5.85. The fraction of sp³-hybridized carbons (Fsp3) is 0.143.